The van der Waals surface area contributed by atoms with Crippen molar-refractivity contribution in [2.75, 3.05) is 18.1 Å². The van der Waals surface area contributed by atoms with Gasteiger partial charge in [-0.15, -0.1) is 0 Å². The van der Waals surface area contributed by atoms with E-state index in [1.807, 2.05) is 0 Å². The smallest absolute Gasteiger partial charge is 0.156 e. The van der Waals surface area contributed by atoms with Crippen molar-refractivity contribution in [3.8, 4) is 0 Å². The highest BCUT2D eigenvalue weighted by Crippen LogP contribution is 2.17. The SMILES string of the molecule is C/C=[N+](\[O-])CC1CCS(=O)(=O)C1. The summed E-state index contributed by atoms with van der Waals surface area (Å²) in [6.45, 7) is 1.96. The van der Waals surface area contributed by atoms with Crippen molar-refractivity contribution in [1.29, 1.82) is 0 Å². The summed E-state index contributed by atoms with van der Waals surface area (Å²) in [5.74, 6) is 0.457. The summed E-state index contributed by atoms with van der Waals surface area (Å²) in [4.78, 5) is 0. The molecule has 1 heterocycles. The molecule has 1 aliphatic heterocycles. The highest BCUT2D eigenvalue weighted by Gasteiger charge is 2.29. The van der Waals surface area contributed by atoms with Crippen molar-refractivity contribution in [2.24, 2.45) is 5.92 Å². The molecule has 0 saturated carbocycles. The lowest BCUT2D eigenvalue weighted by atomic mass is 10.1. The van der Waals surface area contributed by atoms with Crippen LogP contribution in [0.15, 0.2) is 0 Å². The zero-order valence-corrected chi connectivity index (χ0v) is 7.88. The van der Waals surface area contributed by atoms with E-state index in [1.54, 1.807) is 6.92 Å². The van der Waals surface area contributed by atoms with Gasteiger partial charge in [-0.3, -0.25) is 0 Å². The van der Waals surface area contributed by atoms with E-state index in [9.17, 15) is 13.6 Å². The molecule has 0 aromatic heterocycles. The second kappa shape index (κ2) is 3.43. The minimum absolute atomic E-state index is 0.0312. The zero-order chi connectivity index (χ0) is 9.19. The number of nitrogens with zero attached hydrogens (tertiary/aromatic N) is 1. The van der Waals surface area contributed by atoms with Gasteiger partial charge >= 0.3 is 0 Å². The first-order chi connectivity index (χ1) is 5.53. The first-order valence-electron chi connectivity index (χ1n) is 3.97. The normalized spacial score (nSPS) is 29.1. The molecule has 1 aliphatic rings. The van der Waals surface area contributed by atoms with Crippen molar-refractivity contribution in [1.82, 2.24) is 0 Å². The summed E-state index contributed by atoms with van der Waals surface area (Å²) in [6, 6.07) is 0. The number of rotatable bonds is 2. The summed E-state index contributed by atoms with van der Waals surface area (Å²) in [5, 5.41) is 10.8. The van der Waals surface area contributed by atoms with Gasteiger partial charge in [0.05, 0.1) is 11.5 Å². The topological polar surface area (TPSA) is 60.2 Å². The Labute approximate surface area is 72.4 Å². The van der Waals surface area contributed by atoms with Crippen LogP contribution in [0, 0.1) is 11.1 Å². The van der Waals surface area contributed by atoms with Crippen molar-refractivity contribution >= 4 is 16.1 Å². The van der Waals surface area contributed by atoms with Gasteiger partial charge in [0.25, 0.3) is 0 Å². The lowest BCUT2D eigenvalue weighted by Gasteiger charge is -2.06. The monoisotopic (exact) mass is 191 g/mol. The minimum Gasteiger partial charge on any atom is -0.624 e. The standard InChI is InChI=1S/C7H13NO3S/c1-2-8(9)5-7-3-4-12(10,11)6-7/h2,7H,3-6H2,1H3/b8-2-. The lowest BCUT2D eigenvalue weighted by molar-refractivity contribution is -0.460. The average molecular weight is 191 g/mol. The molecule has 0 amide bonds. The van der Waals surface area contributed by atoms with Gasteiger partial charge in [-0.2, -0.15) is 0 Å². The van der Waals surface area contributed by atoms with E-state index >= 15 is 0 Å². The molecular weight excluding hydrogens is 178 g/mol. The van der Waals surface area contributed by atoms with Crippen LogP contribution in [0.3, 0.4) is 0 Å². The fraction of sp³-hybridized carbons (Fsp3) is 0.857. The van der Waals surface area contributed by atoms with Gasteiger partial charge in [0.2, 0.25) is 0 Å². The fourth-order valence-corrected chi connectivity index (χ4v) is 3.23. The fourth-order valence-electron chi connectivity index (χ4n) is 1.38. The summed E-state index contributed by atoms with van der Waals surface area (Å²) in [7, 11) is -2.83. The number of hydroxylamine groups is 1. The summed E-state index contributed by atoms with van der Waals surface area (Å²) in [5.41, 5.74) is 0. The Bertz CT molecular complexity index is 281. The molecule has 4 nitrogen and oxygen atoms in total. The van der Waals surface area contributed by atoms with E-state index in [0.29, 0.717) is 13.0 Å². The van der Waals surface area contributed by atoms with Crippen LogP contribution in [-0.2, 0) is 9.84 Å². The van der Waals surface area contributed by atoms with Crippen molar-refractivity contribution in [3.05, 3.63) is 5.21 Å². The minimum atomic E-state index is -2.83. The Morgan fingerprint density at radius 2 is 2.33 bits per heavy atom. The van der Waals surface area contributed by atoms with Gasteiger partial charge in [0.1, 0.15) is 6.21 Å². The van der Waals surface area contributed by atoms with E-state index in [-0.39, 0.29) is 17.4 Å². The Hall–Kier alpha value is -0.580. The molecule has 0 aromatic rings. The van der Waals surface area contributed by atoms with Crippen molar-refractivity contribution in [2.45, 2.75) is 13.3 Å². The molecule has 1 unspecified atom stereocenters. The van der Waals surface area contributed by atoms with Gasteiger partial charge in [-0.25, -0.2) is 13.2 Å². The van der Waals surface area contributed by atoms with Crippen LogP contribution < -0.4 is 0 Å². The first kappa shape index (κ1) is 9.51. The molecule has 0 N–H and O–H groups in total. The van der Waals surface area contributed by atoms with E-state index in [2.05, 4.69) is 0 Å². The van der Waals surface area contributed by atoms with Crippen molar-refractivity contribution < 1.29 is 13.2 Å². The third-order valence-electron chi connectivity index (χ3n) is 2.05. The Morgan fingerprint density at radius 1 is 1.67 bits per heavy atom. The number of hydrogen-bond donors (Lipinski definition) is 0. The van der Waals surface area contributed by atoms with Crippen LogP contribution in [0.5, 0.6) is 0 Å². The molecule has 1 saturated heterocycles. The van der Waals surface area contributed by atoms with Crippen LogP contribution in [0.2, 0.25) is 0 Å². The van der Waals surface area contributed by atoms with Crippen LogP contribution in [0.1, 0.15) is 13.3 Å². The van der Waals surface area contributed by atoms with Crippen LogP contribution in [0.25, 0.3) is 0 Å². The third-order valence-corrected chi connectivity index (χ3v) is 3.89. The Balaban J connectivity index is 2.49. The molecule has 5 heteroatoms. The Kier molecular flexibility index (Phi) is 2.72. The Morgan fingerprint density at radius 3 is 2.75 bits per heavy atom. The molecular formula is C7H13NO3S. The maximum Gasteiger partial charge on any atom is 0.156 e. The molecule has 0 radical (unpaired) electrons. The predicted molar refractivity (Wildman–Crippen MR) is 47.0 cm³/mol. The molecule has 0 aromatic carbocycles. The first-order valence-corrected chi connectivity index (χ1v) is 5.79. The summed E-state index contributed by atoms with van der Waals surface area (Å²) in [6.07, 6.45) is 2.06. The third kappa shape index (κ3) is 2.48. The van der Waals surface area contributed by atoms with Gasteiger partial charge in [-0.05, 0) is 6.42 Å². The molecule has 0 aliphatic carbocycles. The molecule has 0 bridgehead atoms. The summed E-state index contributed by atoms with van der Waals surface area (Å²) < 4.78 is 22.8. The van der Waals surface area contributed by atoms with Gasteiger partial charge in [0, 0.05) is 12.8 Å². The van der Waals surface area contributed by atoms with Gasteiger partial charge < -0.3 is 5.21 Å². The van der Waals surface area contributed by atoms with E-state index in [1.165, 1.54) is 6.21 Å². The van der Waals surface area contributed by atoms with E-state index in [0.717, 1.165) is 4.74 Å². The molecule has 1 fully saturated rings. The average Bonchev–Trinajstić information content (AvgIpc) is 2.30. The molecule has 0 spiro atoms. The molecule has 12 heavy (non-hydrogen) atoms. The van der Waals surface area contributed by atoms with E-state index in [4.69, 9.17) is 0 Å². The molecule has 70 valence electrons. The zero-order valence-electron chi connectivity index (χ0n) is 7.06. The summed E-state index contributed by atoms with van der Waals surface area (Å²) >= 11 is 0. The predicted octanol–water partition coefficient (Wildman–Crippen LogP) is 0.0221. The van der Waals surface area contributed by atoms with Crippen LogP contribution in [-0.4, -0.2) is 37.4 Å². The van der Waals surface area contributed by atoms with E-state index < -0.39 is 9.84 Å². The second-order valence-corrected chi connectivity index (χ2v) is 5.36. The maximum absolute atomic E-state index is 11.0. The lowest BCUT2D eigenvalue weighted by Crippen LogP contribution is -2.17. The van der Waals surface area contributed by atoms with Crippen molar-refractivity contribution in [3.63, 3.8) is 0 Å². The molecule has 1 atom stereocenters. The largest absolute Gasteiger partial charge is 0.624 e. The van der Waals surface area contributed by atoms with Gasteiger partial charge in [0.15, 0.2) is 16.4 Å². The highest BCUT2D eigenvalue weighted by molar-refractivity contribution is 7.91. The number of sulfone groups is 1. The maximum atomic E-state index is 11.0. The quantitative estimate of drug-likeness (QED) is 0.267. The van der Waals surface area contributed by atoms with Gasteiger partial charge in [-0.1, -0.05) is 0 Å². The van der Waals surface area contributed by atoms with Crippen LogP contribution >= 0.6 is 0 Å². The second-order valence-electron chi connectivity index (χ2n) is 3.13. The van der Waals surface area contributed by atoms with Crippen LogP contribution in [0.4, 0.5) is 0 Å². The molecule has 1 rings (SSSR count). The number of hydrogen-bond acceptors (Lipinski definition) is 3. The highest BCUT2D eigenvalue weighted by atomic mass is 32.2.